The van der Waals surface area contributed by atoms with Crippen LogP contribution in [0.2, 0.25) is 0 Å². The summed E-state index contributed by atoms with van der Waals surface area (Å²) in [6.45, 7) is 16.1. The van der Waals surface area contributed by atoms with Gasteiger partial charge in [-0.1, -0.05) is 68.1 Å². The highest BCUT2D eigenvalue weighted by atomic mass is 15.5. The van der Waals surface area contributed by atoms with Gasteiger partial charge in [0.2, 0.25) is 0 Å². The maximum absolute atomic E-state index is 4.64. The van der Waals surface area contributed by atoms with Crippen LogP contribution < -0.4 is 4.90 Å². The van der Waals surface area contributed by atoms with Crippen molar-refractivity contribution >= 4 is 5.69 Å². The zero-order valence-corrected chi connectivity index (χ0v) is 17.4. The van der Waals surface area contributed by atoms with Crippen LogP contribution in [0.3, 0.4) is 0 Å². The first-order valence-corrected chi connectivity index (χ1v) is 9.89. The summed E-state index contributed by atoms with van der Waals surface area (Å²) in [7, 11) is 0. The maximum Gasteiger partial charge on any atom is 0.121 e. The molecule has 4 heteroatoms. The van der Waals surface area contributed by atoms with Gasteiger partial charge in [0, 0.05) is 23.4 Å². The van der Waals surface area contributed by atoms with Gasteiger partial charge in [0.15, 0.2) is 0 Å². The van der Waals surface area contributed by atoms with Crippen LogP contribution in [0.1, 0.15) is 40.2 Å². The number of hydrogen-bond acceptors (Lipinski definition) is 3. The molecule has 0 spiro atoms. The predicted octanol–water partition coefficient (Wildman–Crippen LogP) is 5.86. The molecule has 2 heterocycles. The second-order valence-corrected chi connectivity index (χ2v) is 8.78. The second kappa shape index (κ2) is 6.62. The van der Waals surface area contributed by atoms with Crippen LogP contribution in [-0.2, 0) is 12.1 Å². The van der Waals surface area contributed by atoms with Crippen molar-refractivity contribution in [3.8, 4) is 22.5 Å². The van der Waals surface area contributed by atoms with Crippen molar-refractivity contribution in [2.45, 2.75) is 46.7 Å². The average molecular weight is 373 g/mol. The lowest BCUT2D eigenvalue weighted by atomic mass is 9.93. The molecule has 28 heavy (non-hydrogen) atoms. The standard InChI is InChI=1S/C24H28N4/c1-16(2)17(3)27-15-18-11-7-8-12-19(18)22-23(20-13-9-10-14-21(20)27)28(26-25-22)24(4,5)6/h7-14,16H,3,15H2,1-2,4-6H3. The lowest BCUT2D eigenvalue weighted by Gasteiger charge is -2.34. The van der Waals surface area contributed by atoms with Gasteiger partial charge in [-0.25, -0.2) is 4.68 Å². The average Bonchev–Trinajstić information content (AvgIpc) is 3.09. The molecule has 144 valence electrons. The minimum Gasteiger partial charge on any atom is -0.340 e. The van der Waals surface area contributed by atoms with Crippen molar-refractivity contribution in [3.05, 3.63) is 66.4 Å². The summed E-state index contributed by atoms with van der Waals surface area (Å²) in [6, 6.07) is 17.0. The molecule has 1 aliphatic heterocycles. The van der Waals surface area contributed by atoms with E-state index < -0.39 is 0 Å². The summed E-state index contributed by atoms with van der Waals surface area (Å²) >= 11 is 0. The zero-order valence-electron chi connectivity index (χ0n) is 17.4. The third kappa shape index (κ3) is 2.93. The quantitative estimate of drug-likeness (QED) is 0.565. The zero-order chi connectivity index (χ0) is 20.1. The summed E-state index contributed by atoms with van der Waals surface area (Å²) in [6.07, 6.45) is 0. The van der Waals surface area contributed by atoms with E-state index in [1.165, 1.54) is 5.56 Å². The van der Waals surface area contributed by atoms with Crippen LogP contribution in [-0.4, -0.2) is 15.0 Å². The van der Waals surface area contributed by atoms with Crippen LogP contribution in [0.4, 0.5) is 5.69 Å². The molecule has 0 N–H and O–H groups in total. The first-order chi connectivity index (χ1) is 13.3. The van der Waals surface area contributed by atoms with Gasteiger partial charge in [0.25, 0.3) is 0 Å². The Kier molecular flexibility index (Phi) is 4.37. The molecule has 4 rings (SSSR count). The van der Waals surface area contributed by atoms with Crippen molar-refractivity contribution in [1.82, 2.24) is 15.0 Å². The highest BCUT2D eigenvalue weighted by Gasteiger charge is 2.30. The van der Waals surface area contributed by atoms with Crippen molar-refractivity contribution < 1.29 is 0 Å². The van der Waals surface area contributed by atoms with Gasteiger partial charge >= 0.3 is 0 Å². The number of rotatable bonds is 2. The molecule has 1 aliphatic rings. The first-order valence-electron chi connectivity index (χ1n) is 9.89. The summed E-state index contributed by atoms with van der Waals surface area (Å²) in [5, 5.41) is 9.22. The number of aromatic nitrogens is 3. The van der Waals surface area contributed by atoms with Crippen molar-refractivity contribution in [1.29, 1.82) is 0 Å². The molecule has 0 unspecified atom stereocenters. The number of benzene rings is 2. The lowest BCUT2D eigenvalue weighted by Crippen LogP contribution is -2.28. The number of para-hydroxylation sites is 1. The third-order valence-corrected chi connectivity index (χ3v) is 5.37. The Hall–Kier alpha value is -2.88. The van der Waals surface area contributed by atoms with E-state index in [2.05, 4.69) is 110 Å². The molecule has 3 aromatic rings. The molecular formula is C24H28N4. The molecule has 0 amide bonds. The minimum absolute atomic E-state index is 0.179. The Balaban J connectivity index is 2.09. The third-order valence-electron chi connectivity index (χ3n) is 5.37. The van der Waals surface area contributed by atoms with Crippen LogP contribution >= 0.6 is 0 Å². The topological polar surface area (TPSA) is 34.0 Å². The van der Waals surface area contributed by atoms with Gasteiger partial charge in [-0.2, -0.15) is 0 Å². The fourth-order valence-electron chi connectivity index (χ4n) is 3.80. The fraction of sp³-hybridized carbons (Fsp3) is 0.333. The van der Waals surface area contributed by atoms with Crippen LogP contribution in [0.15, 0.2) is 60.8 Å². The number of hydrogen-bond donors (Lipinski definition) is 0. The second-order valence-electron chi connectivity index (χ2n) is 8.78. The Morgan fingerprint density at radius 1 is 1.00 bits per heavy atom. The highest BCUT2D eigenvalue weighted by molar-refractivity contribution is 5.89. The van der Waals surface area contributed by atoms with E-state index in [0.717, 1.165) is 40.4 Å². The van der Waals surface area contributed by atoms with Crippen LogP contribution in [0, 0.1) is 5.92 Å². The molecule has 0 aliphatic carbocycles. The fourth-order valence-corrected chi connectivity index (χ4v) is 3.80. The number of allylic oxidation sites excluding steroid dienone is 1. The van der Waals surface area contributed by atoms with E-state index in [4.69, 9.17) is 0 Å². The number of anilines is 1. The summed E-state index contributed by atoms with van der Waals surface area (Å²) in [4.78, 5) is 2.35. The molecule has 0 saturated heterocycles. The lowest BCUT2D eigenvalue weighted by molar-refractivity contribution is 0.351. The molecule has 0 saturated carbocycles. The smallest absolute Gasteiger partial charge is 0.121 e. The van der Waals surface area contributed by atoms with Gasteiger partial charge in [0.1, 0.15) is 5.69 Å². The molecule has 0 fully saturated rings. The highest BCUT2D eigenvalue weighted by Crippen LogP contribution is 2.43. The van der Waals surface area contributed by atoms with E-state index in [0.29, 0.717) is 5.92 Å². The first kappa shape index (κ1) is 18.5. The molecule has 0 atom stereocenters. The monoisotopic (exact) mass is 372 g/mol. The Morgan fingerprint density at radius 3 is 2.32 bits per heavy atom. The van der Waals surface area contributed by atoms with E-state index in [1.807, 2.05) is 0 Å². The normalized spacial score (nSPS) is 13.4. The predicted molar refractivity (Wildman–Crippen MR) is 116 cm³/mol. The van der Waals surface area contributed by atoms with E-state index in [1.54, 1.807) is 0 Å². The molecule has 0 radical (unpaired) electrons. The summed E-state index contributed by atoms with van der Waals surface area (Å²) < 4.78 is 2.06. The van der Waals surface area contributed by atoms with E-state index in [-0.39, 0.29) is 5.54 Å². The summed E-state index contributed by atoms with van der Waals surface area (Å²) in [5.74, 6) is 0.352. The minimum atomic E-state index is -0.179. The van der Waals surface area contributed by atoms with Gasteiger partial charge in [0.05, 0.1) is 16.9 Å². The van der Waals surface area contributed by atoms with Gasteiger partial charge < -0.3 is 4.90 Å². The Bertz CT molecular complexity index is 1040. The number of fused-ring (bicyclic) bond motifs is 5. The van der Waals surface area contributed by atoms with Crippen molar-refractivity contribution in [2.24, 2.45) is 5.92 Å². The Morgan fingerprint density at radius 2 is 1.64 bits per heavy atom. The van der Waals surface area contributed by atoms with Gasteiger partial charge in [-0.3, -0.25) is 0 Å². The molecular weight excluding hydrogens is 344 g/mol. The SMILES string of the molecule is C=C(C(C)C)N1Cc2ccccc2-c2nnn(C(C)(C)C)c2-c2ccccc21. The molecule has 2 aromatic carbocycles. The maximum atomic E-state index is 4.64. The molecule has 1 aromatic heterocycles. The Labute approximate surface area is 167 Å². The van der Waals surface area contributed by atoms with E-state index in [9.17, 15) is 0 Å². The van der Waals surface area contributed by atoms with Crippen LogP contribution in [0.5, 0.6) is 0 Å². The number of nitrogens with zero attached hydrogens (tertiary/aromatic N) is 4. The summed E-state index contributed by atoms with van der Waals surface area (Å²) in [5.41, 5.74) is 7.63. The molecule has 4 nitrogen and oxygen atoms in total. The van der Waals surface area contributed by atoms with Gasteiger partial charge in [-0.05, 0) is 38.3 Å². The largest absolute Gasteiger partial charge is 0.340 e. The van der Waals surface area contributed by atoms with Crippen molar-refractivity contribution in [3.63, 3.8) is 0 Å². The van der Waals surface area contributed by atoms with Gasteiger partial charge in [-0.15, -0.1) is 5.10 Å². The van der Waals surface area contributed by atoms with Crippen molar-refractivity contribution in [2.75, 3.05) is 4.90 Å². The van der Waals surface area contributed by atoms with Crippen LogP contribution in [0.25, 0.3) is 22.5 Å². The molecule has 0 bridgehead atoms. The van der Waals surface area contributed by atoms with E-state index >= 15 is 0 Å².